The van der Waals surface area contributed by atoms with Crippen molar-refractivity contribution in [1.82, 2.24) is 0 Å². The molecule has 4 heteroatoms. The second-order valence-electron chi connectivity index (χ2n) is 2.43. The lowest BCUT2D eigenvalue weighted by atomic mass is 9.88. The zero-order valence-corrected chi connectivity index (χ0v) is 6.40. The van der Waals surface area contributed by atoms with Gasteiger partial charge < -0.3 is 10.8 Å². The van der Waals surface area contributed by atoms with E-state index >= 15 is 0 Å². The first kappa shape index (κ1) is 8.81. The Balaban J connectivity index is 3.02. The van der Waals surface area contributed by atoms with Gasteiger partial charge in [0.25, 0.3) is 5.91 Å². The number of aliphatic hydroxyl groups excluding tert-OH is 1. The molecule has 0 aromatic heterocycles. The second-order valence-corrected chi connectivity index (χ2v) is 2.43. The summed E-state index contributed by atoms with van der Waals surface area (Å²) in [5.41, 5.74) is 5.61. The molecule has 0 aliphatic rings. The zero-order chi connectivity index (χ0) is 9.14. The molecule has 0 saturated carbocycles. The molecule has 0 spiro atoms. The van der Waals surface area contributed by atoms with E-state index in [1.807, 2.05) is 0 Å². The quantitative estimate of drug-likeness (QED) is 0.546. The molecular weight excluding hydrogens is 153 g/mol. The Morgan fingerprint density at radius 2 is 2.08 bits per heavy atom. The molecule has 3 N–H and O–H groups in total. The van der Waals surface area contributed by atoms with Crippen molar-refractivity contribution in [2.75, 3.05) is 0 Å². The third-order valence-electron chi connectivity index (χ3n) is 1.56. The van der Waals surface area contributed by atoms with Crippen LogP contribution in [0.5, 0.6) is 0 Å². The van der Waals surface area contributed by atoms with Gasteiger partial charge in [-0.3, -0.25) is 4.79 Å². The Bertz CT molecular complexity index is 301. The molecule has 0 saturated heterocycles. The molecule has 1 aromatic carbocycles. The lowest BCUT2D eigenvalue weighted by Crippen LogP contribution is -2.25. The van der Waals surface area contributed by atoms with Gasteiger partial charge in [-0.05, 0) is 5.56 Å². The molecule has 0 aliphatic carbocycles. The summed E-state index contributed by atoms with van der Waals surface area (Å²) in [6.45, 7) is 0. The van der Waals surface area contributed by atoms with Crippen molar-refractivity contribution in [3.63, 3.8) is 0 Å². The minimum atomic E-state index is -1.31. The van der Waals surface area contributed by atoms with Gasteiger partial charge in [-0.25, -0.2) is 0 Å². The van der Waals surface area contributed by atoms with E-state index in [0.29, 0.717) is 11.0 Å². The molecule has 1 rings (SSSR count). The number of aliphatic hydroxyl groups is 1. The van der Waals surface area contributed by atoms with Crippen molar-refractivity contribution in [3.05, 3.63) is 29.8 Å². The molecule has 1 aromatic rings. The van der Waals surface area contributed by atoms with Crippen molar-refractivity contribution < 1.29 is 9.90 Å². The third kappa shape index (κ3) is 1.65. The van der Waals surface area contributed by atoms with Crippen LogP contribution in [0.15, 0.2) is 24.3 Å². The van der Waals surface area contributed by atoms with Gasteiger partial charge in [-0.15, -0.1) is 0 Å². The number of rotatable bonds is 2. The molecule has 0 aliphatic heterocycles. The fourth-order valence-corrected chi connectivity index (χ4v) is 0.913. The van der Waals surface area contributed by atoms with Gasteiger partial charge in [0.15, 0.2) is 6.10 Å². The number of carbonyl (C=O) groups excluding carboxylic acids is 1. The summed E-state index contributed by atoms with van der Waals surface area (Å²) in [6, 6.07) is 6.55. The van der Waals surface area contributed by atoms with Crippen LogP contribution in [0.1, 0.15) is 11.7 Å². The molecule has 0 bridgehead atoms. The summed E-state index contributed by atoms with van der Waals surface area (Å²) in [6.07, 6.45) is -1.31. The minimum Gasteiger partial charge on any atom is -0.379 e. The summed E-state index contributed by atoms with van der Waals surface area (Å²) < 4.78 is 0. The van der Waals surface area contributed by atoms with E-state index in [1.165, 1.54) is 0 Å². The van der Waals surface area contributed by atoms with Crippen LogP contribution in [0.4, 0.5) is 0 Å². The van der Waals surface area contributed by atoms with Gasteiger partial charge in [-0.2, -0.15) is 0 Å². The highest BCUT2D eigenvalue weighted by atomic mass is 16.3. The summed E-state index contributed by atoms with van der Waals surface area (Å²) in [4.78, 5) is 10.6. The molecule has 1 atom stereocenters. The zero-order valence-electron chi connectivity index (χ0n) is 6.40. The van der Waals surface area contributed by atoms with Crippen LogP contribution < -0.4 is 11.2 Å². The van der Waals surface area contributed by atoms with Crippen LogP contribution in [-0.2, 0) is 4.79 Å². The average molecular weight is 161 g/mol. The Morgan fingerprint density at radius 1 is 1.50 bits per heavy atom. The van der Waals surface area contributed by atoms with Crippen LogP contribution in [0.25, 0.3) is 0 Å². The number of hydrogen-bond donors (Lipinski definition) is 2. The van der Waals surface area contributed by atoms with Crippen molar-refractivity contribution in [2.45, 2.75) is 6.10 Å². The van der Waals surface area contributed by atoms with E-state index in [0.717, 1.165) is 0 Å². The highest BCUT2D eigenvalue weighted by molar-refractivity contribution is 6.33. The number of hydrogen-bond acceptors (Lipinski definition) is 2. The smallest absolute Gasteiger partial charge is 0.250 e. The first-order valence-electron chi connectivity index (χ1n) is 3.44. The third-order valence-corrected chi connectivity index (χ3v) is 1.56. The van der Waals surface area contributed by atoms with E-state index in [-0.39, 0.29) is 0 Å². The molecular formula is C8H8BNO2. The van der Waals surface area contributed by atoms with Crippen molar-refractivity contribution in [1.29, 1.82) is 0 Å². The van der Waals surface area contributed by atoms with E-state index in [4.69, 9.17) is 13.6 Å². The van der Waals surface area contributed by atoms with Crippen LogP contribution in [-0.4, -0.2) is 18.9 Å². The van der Waals surface area contributed by atoms with Gasteiger partial charge in [0.2, 0.25) is 0 Å². The Kier molecular flexibility index (Phi) is 2.50. The van der Waals surface area contributed by atoms with Gasteiger partial charge >= 0.3 is 0 Å². The summed E-state index contributed by atoms with van der Waals surface area (Å²) in [5.74, 6) is -0.798. The predicted octanol–water partition coefficient (Wildman–Crippen LogP) is -1.00. The molecule has 3 nitrogen and oxygen atoms in total. The van der Waals surface area contributed by atoms with Crippen LogP contribution in [0, 0.1) is 0 Å². The normalized spacial score (nSPS) is 12.4. The lowest BCUT2D eigenvalue weighted by molar-refractivity contribution is -0.126. The highest BCUT2D eigenvalue weighted by Gasteiger charge is 2.14. The van der Waals surface area contributed by atoms with Crippen molar-refractivity contribution in [3.8, 4) is 0 Å². The van der Waals surface area contributed by atoms with E-state index < -0.39 is 12.0 Å². The van der Waals surface area contributed by atoms with Gasteiger partial charge in [0, 0.05) is 0 Å². The minimum absolute atomic E-state index is 0.352. The topological polar surface area (TPSA) is 63.3 Å². The van der Waals surface area contributed by atoms with Gasteiger partial charge in [0.05, 0.1) is 0 Å². The molecule has 12 heavy (non-hydrogen) atoms. The van der Waals surface area contributed by atoms with E-state index in [1.54, 1.807) is 24.3 Å². The Labute approximate surface area is 71.6 Å². The molecule has 2 radical (unpaired) electrons. The van der Waals surface area contributed by atoms with Gasteiger partial charge in [-0.1, -0.05) is 29.7 Å². The standard InChI is InChI=1S/C8H8BNO2/c9-6-4-2-1-3-5(6)7(11)8(10)12/h1-4,7,11H,(H2,10,12). The van der Waals surface area contributed by atoms with E-state index in [2.05, 4.69) is 0 Å². The molecule has 1 amide bonds. The number of benzene rings is 1. The maximum Gasteiger partial charge on any atom is 0.250 e. The number of primary amides is 1. The van der Waals surface area contributed by atoms with Gasteiger partial charge in [0.1, 0.15) is 7.85 Å². The highest BCUT2D eigenvalue weighted by Crippen LogP contribution is 2.07. The summed E-state index contributed by atoms with van der Waals surface area (Å²) in [5, 5.41) is 9.22. The number of amides is 1. The van der Waals surface area contributed by atoms with Crippen LogP contribution >= 0.6 is 0 Å². The SMILES string of the molecule is [B]c1ccccc1C(O)C(N)=O. The fourth-order valence-electron chi connectivity index (χ4n) is 0.913. The Morgan fingerprint density at radius 3 is 2.58 bits per heavy atom. The first-order valence-corrected chi connectivity index (χ1v) is 3.44. The lowest BCUT2D eigenvalue weighted by Gasteiger charge is -2.09. The number of nitrogens with two attached hydrogens (primary N) is 1. The Hall–Kier alpha value is -1.29. The number of carbonyl (C=O) groups is 1. The fraction of sp³-hybridized carbons (Fsp3) is 0.125. The molecule has 0 heterocycles. The largest absolute Gasteiger partial charge is 0.379 e. The second kappa shape index (κ2) is 3.41. The van der Waals surface area contributed by atoms with Crippen molar-refractivity contribution >= 4 is 19.2 Å². The molecule has 60 valence electrons. The summed E-state index contributed by atoms with van der Waals surface area (Å²) in [7, 11) is 5.49. The first-order chi connectivity index (χ1) is 5.63. The maximum absolute atomic E-state index is 10.6. The van der Waals surface area contributed by atoms with Crippen LogP contribution in [0.3, 0.4) is 0 Å². The average Bonchev–Trinajstić information content (AvgIpc) is 2.04. The summed E-state index contributed by atoms with van der Waals surface area (Å²) >= 11 is 0. The van der Waals surface area contributed by atoms with Crippen LogP contribution in [0.2, 0.25) is 0 Å². The molecule has 0 fully saturated rings. The molecule has 1 unspecified atom stereocenters. The van der Waals surface area contributed by atoms with Crippen molar-refractivity contribution in [2.24, 2.45) is 5.73 Å². The monoisotopic (exact) mass is 161 g/mol. The maximum atomic E-state index is 10.6. The predicted molar refractivity (Wildman–Crippen MR) is 46.0 cm³/mol. The van der Waals surface area contributed by atoms with E-state index in [9.17, 15) is 9.90 Å².